The van der Waals surface area contributed by atoms with Crippen LogP contribution in [0.3, 0.4) is 0 Å². The van der Waals surface area contributed by atoms with Crippen molar-refractivity contribution < 1.29 is 9.53 Å². The van der Waals surface area contributed by atoms with Crippen LogP contribution in [0.1, 0.15) is 16.8 Å². The maximum Gasteiger partial charge on any atom is 0.228 e. The molecule has 0 aliphatic carbocycles. The number of rotatable bonds is 4. The van der Waals surface area contributed by atoms with Gasteiger partial charge in [0.05, 0.1) is 24.8 Å². The van der Waals surface area contributed by atoms with E-state index in [-0.39, 0.29) is 12.3 Å². The van der Waals surface area contributed by atoms with Crippen molar-refractivity contribution in [2.75, 3.05) is 12.4 Å². The molecule has 0 aliphatic heterocycles. The van der Waals surface area contributed by atoms with Crippen molar-refractivity contribution in [1.82, 2.24) is 4.98 Å². The van der Waals surface area contributed by atoms with Crippen molar-refractivity contribution in [3.05, 3.63) is 59.3 Å². The monoisotopic (exact) mass is 319 g/mol. The number of para-hydroxylation sites is 1. The highest BCUT2D eigenvalue weighted by Gasteiger charge is 2.14. The van der Waals surface area contributed by atoms with Crippen LogP contribution in [0.4, 0.5) is 5.69 Å². The summed E-state index contributed by atoms with van der Waals surface area (Å²) in [5.74, 6) is 0.586. The zero-order chi connectivity index (χ0) is 17.1. The third kappa shape index (κ3) is 2.95. The average molecular weight is 319 g/mol. The average Bonchev–Trinajstić information content (AvgIpc) is 2.90. The van der Waals surface area contributed by atoms with Gasteiger partial charge in [0.1, 0.15) is 11.8 Å². The molecule has 0 atom stereocenters. The Morgan fingerprint density at radius 2 is 2.08 bits per heavy atom. The summed E-state index contributed by atoms with van der Waals surface area (Å²) in [7, 11) is 1.62. The van der Waals surface area contributed by atoms with Gasteiger partial charge in [-0.3, -0.25) is 4.79 Å². The van der Waals surface area contributed by atoms with Crippen LogP contribution in [-0.4, -0.2) is 18.0 Å². The first-order chi connectivity index (χ1) is 11.6. The van der Waals surface area contributed by atoms with Crippen molar-refractivity contribution in [2.45, 2.75) is 13.3 Å². The summed E-state index contributed by atoms with van der Waals surface area (Å²) in [5.41, 5.74) is 3.81. The molecule has 1 amide bonds. The fourth-order valence-corrected chi connectivity index (χ4v) is 2.76. The van der Waals surface area contributed by atoms with Crippen molar-refractivity contribution >= 4 is 22.5 Å². The van der Waals surface area contributed by atoms with Crippen LogP contribution in [-0.2, 0) is 11.2 Å². The highest BCUT2D eigenvalue weighted by Crippen LogP contribution is 2.27. The zero-order valence-electron chi connectivity index (χ0n) is 13.5. The molecule has 5 nitrogen and oxygen atoms in total. The SMILES string of the molecule is COc1ccc2[nH]c(C)c(CC(=O)Nc3ccccc3C#N)c2c1. The maximum atomic E-state index is 12.4. The number of fused-ring (bicyclic) bond motifs is 1. The Hall–Kier alpha value is -3.26. The minimum absolute atomic E-state index is 0.162. The molecule has 0 spiro atoms. The second kappa shape index (κ2) is 6.47. The number of hydrogen-bond donors (Lipinski definition) is 2. The number of ether oxygens (including phenoxy) is 1. The number of aryl methyl sites for hydroxylation is 1. The van der Waals surface area contributed by atoms with E-state index in [4.69, 9.17) is 10.00 Å². The van der Waals surface area contributed by atoms with E-state index in [0.717, 1.165) is 27.9 Å². The molecule has 0 radical (unpaired) electrons. The third-order valence-electron chi connectivity index (χ3n) is 3.99. The Morgan fingerprint density at radius 1 is 1.29 bits per heavy atom. The molecule has 2 aromatic carbocycles. The second-order valence-electron chi connectivity index (χ2n) is 5.52. The van der Waals surface area contributed by atoms with Gasteiger partial charge in [-0.2, -0.15) is 5.26 Å². The summed E-state index contributed by atoms with van der Waals surface area (Å²) < 4.78 is 5.27. The molecule has 0 fully saturated rings. The van der Waals surface area contributed by atoms with Gasteiger partial charge in [-0.05, 0) is 42.8 Å². The number of H-pyrrole nitrogens is 1. The lowest BCUT2D eigenvalue weighted by Gasteiger charge is -2.07. The minimum atomic E-state index is -0.162. The molecule has 0 saturated heterocycles. The Morgan fingerprint density at radius 3 is 2.83 bits per heavy atom. The first-order valence-corrected chi connectivity index (χ1v) is 7.56. The fraction of sp³-hybridized carbons (Fsp3) is 0.158. The number of amides is 1. The number of nitrogens with one attached hydrogen (secondary N) is 2. The highest BCUT2D eigenvalue weighted by molar-refractivity contribution is 5.97. The smallest absolute Gasteiger partial charge is 0.228 e. The molecule has 0 bridgehead atoms. The number of aromatic amines is 1. The molecule has 0 aliphatic rings. The molecule has 120 valence electrons. The number of methoxy groups -OCH3 is 1. The van der Waals surface area contributed by atoms with Gasteiger partial charge in [0.25, 0.3) is 0 Å². The molecule has 2 N–H and O–H groups in total. The van der Waals surface area contributed by atoms with E-state index in [0.29, 0.717) is 11.3 Å². The minimum Gasteiger partial charge on any atom is -0.497 e. The maximum absolute atomic E-state index is 12.4. The van der Waals surface area contributed by atoms with Crippen molar-refractivity contribution in [3.63, 3.8) is 0 Å². The van der Waals surface area contributed by atoms with E-state index in [9.17, 15) is 4.79 Å². The first-order valence-electron chi connectivity index (χ1n) is 7.56. The molecule has 3 aromatic rings. The predicted molar refractivity (Wildman–Crippen MR) is 93.1 cm³/mol. The number of carbonyl (C=O) groups is 1. The van der Waals surface area contributed by atoms with Crippen LogP contribution in [0.5, 0.6) is 5.75 Å². The summed E-state index contributed by atoms with van der Waals surface area (Å²) in [5, 5.41) is 12.9. The van der Waals surface area contributed by atoms with Gasteiger partial charge in [0.15, 0.2) is 0 Å². The molecule has 5 heteroatoms. The van der Waals surface area contributed by atoms with E-state index in [1.165, 1.54) is 0 Å². The second-order valence-corrected chi connectivity index (χ2v) is 5.52. The van der Waals surface area contributed by atoms with Gasteiger partial charge < -0.3 is 15.0 Å². The largest absolute Gasteiger partial charge is 0.497 e. The lowest BCUT2D eigenvalue weighted by atomic mass is 10.1. The van der Waals surface area contributed by atoms with Gasteiger partial charge in [-0.25, -0.2) is 0 Å². The first kappa shape index (κ1) is 15.6. The molecule has 1 heterocycles. The summed E-state index contributed by atoms with van der Waals surface area (Å²) in [6, 6.07) is 14.8. The molecule has 3 rings (SSSR count). The molecule has 24 heavy (non-hydrogen) atoms. The Bertz CT molecular complexity index is 951. The van der Waals surface area contributed by atoms with Crippen LogP contribution < -0.4 is 10.1 Å². The Kier molecular flexibility index (Phi) is 4.21. The number of nitrogens with zero attached hydrogens (tertiary/aromatic N) is 1. The quantitative estimate of drug-likeness (QED) is 0.772. The predicted octanol–water partition coefficient (Wildman–Crippen LogP) is 3.54. The number of nitriles is 1. The van der Waals surface area contributed by atoms with E-state index < -0.39 is 0 Å². The number of aromatic nitrogens is 1. The van der Waals surface area contributed by atoms with Crippen LogP contribution in [0, 0.1) is 18.3 Å². The fourth-order valence-electron chi connectivity index (χ4n) is 2.76. The number of carbonyl (C=O) groups excluding carboxylic acids is 1. The van der Waals surface area contributed by atoms with E-state index in [1.54, 1.807) is 31.4 Å². The molecule has 0 saturated carbocycles. The summed E-state index contributed by atoms with van der Waals surface area (Å²) >= 11 is 0. The zero-order valence-corrected chi connectivity index (χ0v) is 13.5. The summed E-state index contributed by atoms with van der Waals surface area (Å²) in [6.45, 7) is 1.94. The number of hydrogen-bond acceptors (Lipinski definition) is 3. The van der Waals surface area contributed by atoms with Crippen LogP contribution in [0.2, 0.25) is 0 Å². The van der Waals surface area contributed by atoms with E-state index in [2.05, 4.69) is 16.4 Å². The molecular weight excluding hydrogens is 302 g/mol. The number of benzene rings is 2. The van der Waals surface area contributed by atoms with Crippen molar-refractivity contribution in [1.29, 1.82) is 5.26 Å². The van der Waals surface area contributed by atoms with Crippen molar-refractivity contribution in [3.8, 4) is 11.8 Å². The van der Waals surface area contributed by atoms with Crippen LogP contribution in [0.25, 0.3) is 10.9 Å². The molecule has 1 aromatic heterocycles. The van der Waals surface area contributed by atoms with Crippen molar-refractivity contribution in [2.24, 2.45) is 0 Å². The lowest BCUT2D eigenvalue weighted by molar-refractivity contribution is -0.115. The van der Waals surface area contributed by atoms with E-state index >= 15 is 0 Å². The summed E-state index contributed by atoms with van der Waals surface area (Å²) in [6.07, 6.45) is 0.221. The number of anilines is 1. The molecule has 0 unspecified atom stereocenters. The van der Waals surface area contributed by atoms with Gasteiger partial charge in [-0.15, -0.1) is 0 Å². The summed E-state index contributed by atoms with van der Waals surface area (Å²) in [4.78, 5) is 15.7. The Labute approximate surface area is 139 Å². The van der Waals surface area contributed by atoms with Crippen LogP contribution in [0.15, 0.2) is 42.5 Å². The lowest BCUT2D eigenvalue weighted by Crippen LogP contribution is -2.15. The van der Waals surface area contributed by atoms with Crippen LogP contribution >= 0.6 is 0 Å². The van der Waals surface area contributed by atoms with Gasteiger partial charge in [0.2, 0.25) is 5.91 Å². The van der Waals surface area contributed by atoms with E-state index in [1.807, 2.05) is 25.1 Å². The normalized spacial score (nSPS) is 10.4. The Balaban J connectivity index is 1.88. The standard InChI is InChI=1S/C19H17N3O2/c1-12-15(16-9-14(24-2)7-8-18(16)21-12)10-19(23)22-17-6-4-3-5-13(17)11-20/h3-9,21H,10H2,1-2H3,(H,22,23). The topological polar surface area (TPSA) is 77.9 Å². The van der Waals surface area contributed by atoms with Gasteiger partial charge in [0, 0.05) is 16.6 Å². The van der Waals surface area contributed by atoms with Gasteiger partial charge in [-0.1, -0.05) is 12.1 Å². The third-order valence-corrected chi connectivity index (χ3v) is 3.99. The highest BCUT2D eigenvalue weighted by atomic mass is 16.5. The van der Waals surface area contributed by atoms with Gasteiger partial charge >= 0.3 is 0 Å². The molecular formula is C19H17N3O2.